The zero-order valence-electron chi connectivity index (χ0n) is 15.8. The lowest BCUT2D eigenvalue weighted by molar-refractivity contribution is -0.122. The van der Waals surface area contributed by atoms with Gasteiger partial charge in [-0.3, -0.25) is 9.59 Å². The van der Waals surface area contributed by atoms with Crippen LogP contribution in [0.15, 0.2) is 48.5 Å². The van der Waals surface area contributed by atoms with Crippen molar-refractivity contribution in [1.82, 2.24) is 0 Å². The van der Waals surface area contributed by atoms with Gasteiger partial charge in [0.15, 0.2) is 0 Å². The molecule has 1 fully saturated rings. The number of fused-ring (bicyclic) bond motifs is 1. The summed E-state index contributed by atoms with van der Waals surface area (Å²) in [6.45, 7) is 0.681. The third kappa shape index (κ3) is 3.91. The summed E-state index contributed by atoms with van der Waals surface area (Å²) < 4.78 is 0. The molecule has 2 aromatic rings. The molecule has 1 saturated carbocycles. The van der Waals surface area contributed by atoms with E-state index in [0.29, 0.717) is 30.6 Å². The van der Waals surface area contributed by atoms with Crippen LogP contribution in [0.25, 0.3) is 0 Å². The van der Waals surface area contributed by atoms with Gasteiger partial charge in [0, 0.05) is 23.5 Å². The van der Waals surface area contributed by atoms with Crippen LogP contribution in [0.1, 0.15) is 48.0 Å². The first kappa shape index (κ1) is 20.4. The Morgan fingerprint density at radius 3 is 2.54 bits per heavy atom. The third-order valence-corrected chi connectivity index (χ3v) is 5.70. The maximum atomic E-state index is 13.0. The SMILES string of the molecule is Cl.NC1(C(=O)Nc2cccc(C(=O)N3CCc4ccccc43)c2)CCCCC1. The number of para-hydroxylation sites is 1. The summed E-state index contributed by atoms with van der Waals surface area (Å²) in [5.41, 5.74) is 8.87. The van der Waals surface area contributed by atoms with Crippen molar-refractivity contribution in [2.75, 3.05) is 16.8 Å². The number of carbonyl (C=O) groups excluding carboxylic acids is 2. The molecule has 0 unspecified atom stereocenters. The van der Waals surface area contributed by atoms with E-state index in [-0.39, 0.29) is 24.2 Å². The van der Waals surface area contributed by atoms with Crippen LogP contribution in [-0.4, -0.2) is 23.9 Å². The second-order valence-electron chi connectivity index (χ2n) is 7.59. The normalized spacial score (nSPS) is 17.4. The minimum absolute atomic E-state index is 0. The smallest absolute Gasteiger partial charge is 0.258 e. The maximum Gasteiger partial charge on any atom is 0.258 e. The van der Waals surface area contributed by atoms with E-state index in [0.717, 1.165) is 31.4 Å². The highest BCUT2D eigenvalue weighted by Crippen LogP contribution is 2.30. The lowest BCUT2D eigenvalue weighted by atomic mass is 9.82. The van der Waals surface area contributed by atoms with Gasteiger partial charge in [-0.15, -0.1) is 12.4 Å². The van der Waals surface area contributed by atoms with E-state index in [4.69, 9.17) is 5.73 Å². The summed E-state index contributed by atoms with van der Waals surface area (Å²) >= 11 is 0. The van der Waals surface area contributed by atoms with Gasteiger partial charge in [0.2, 0.25) is 5.91 Å². The Labute approximate surface area is 171 Å². The quantitative estimate of drug-likeness (QED) is 0.821. The molecule has 0 radical (unpaired) electrons. The topological polar surface area (TPSA) is 75.4 Å². The Balaban J connectivity index is 0.00000225. The second-order valence-corrected chi connectivity index (χ2v) is 7.59. The predicted molar refractivity (Wildman–Crippen MR) is 114 cm³/mol. The number of nitrogens with one attached hydrogen (secondary N) is 1. The summed E-state index contributed by atoms with van der Waals surface area (Å²) in [5.74, 6) is -0.200. The zero-order chi connectivity index (χ0) is 18.9. The first-order valence-electron chi connectivity index (χ1n) is 9.67. The molecular formula is C22H26ClN3O2. The minimum atomic E-state index is -0.799. The van der Waals surface area contributed by atoms with E-state index in [1.54, 1.807) is 24.3 Å². The van der Waals surface area contributed by atoms with Crippen molar-refractivity contribution in [3.8, 4) is 0 Å². The maximum absolute atomic E-state index is 13.0. The molecule has 4 rings (SSSR count). The van der Waals surface area contributed by atoms with Crippen molar-refractivity contribution >= 4 is 35.6 Å². The number of nitrogens with two attached hydrogens (primary N) is 1. The van der Waals surface area contributed by atoms with E-state index in [1.165, 1.54) is 5.56 Å². The highest BCUT2D eigenvalue weighted by molar-refractivity contribution is 6.08. The first-order chi connectivity index (χ1) is 13.1. The van der Waals surface area contributed by atoms with Crippen LogP contribution in [0.3, 0.4) is 0 Å². The molecule has 0 saturated heterocycles. The number of anilines is 2. The predicted octanol–water partition coefficient (Wildman–Crippen LogP) is 3.91. The molecule has 0 spiro atoms. The van der Waals surface area contributed by atoms with Gasteiger partial charge in [-0.25, -0.2) is 0 Å². The molecule has 28 heavy (non-hydrogen) atoms. The van der Waals surface area contributed by atoms with Gasteiger partial charge in [-0.2, -0.15) is 0 Å². The van der Waals surface area contributed by atoms with Crippen molar-refractivity contribution in [2.45, 2.75) is 44.1 Å². The van der Waals surface area contributed by atoms with Gasteiger partial charge in [0.05, 0.1) is 5.54 Å². The van der Waals surface area contributed by atoms with E-state index in [1.807, 2.05) is 23.1 Å². The van der Waals surface area contributed by atoms with Crippen LogP contribution in [0, 0.1) is 0 Å². The molecule has 0 atom stereocenters. The Kier molecular flexibility index (Phi) is 6.06. The fourth-order valence-corrected chi connectivity index (χ4v) is 4.10. The number of benzene rings is 2. The number of amides is 2. The van der Waals surface area contributed by atoms with Crippen molar-refractivity contribution < 1.29 is 9.59 Å². The summed E-state index contributed by atoms with van der Waals surface area (Å²) in [7, 11) is 0. The fraction of sp³-hybridized carbons (Fsp3) is 0.364. The molecule has 5 nitrogen and oxygen atoms in total. The second kappa shape index (κ2) is 8.33. The molecule has 2 aromatic carbocycles. The molecule has 2 amide bonds. The Hall–Kier alpha value is -2.37. The largest absolute Gasteiger partial charge is 0.324 e. The summed E-state index contributed by atoms with van der Waals surface area (Å²) in [6, 6.07) is 15.1. The van der Waals surface area contributed by atoms with Crippen molar-refractivity contribution in [3.63, 3.8) is 0 Å². The summed E-state index contributed by atoms with van der Waals surface area (Å²) in [6.07, 6.45) is 5.39. The van der Waals surface area contributed by atoms with Crippen LogP contribution >= 0.6 is 12.4 Å². The molecule has 0 aromatic heterocycles. The standard InChI is InChI=1S/C22H25N3O2.ClH/c23-22(12-4-1-5-13-22)21(27)24-18-9-6-8-17(15-18)20(26)25-14-11-16-7-2-3-10-19(16)25;/h2-3,6-10,15H,1,4-5,11-14,23H2,(H,24,27);1H. The number of carbonyl (C=O) groups is 2. The summed E-state index contributed by atoms with van der Waals surface area (Å²) in [4.78, 5) is 27.5. The fourth-order valence-electron chi connectivity index (χ4n) is 4.10. The number of rotatable bonds is 3. The molecule has 6 heteroatoms. The molecule has 1 aliphatic heterocycles. The molecular weight excluding hydrogens is 374 g/mol. The highest BCUT2D eigenvalue weighted by Gasteiger charge is 2.35. The average Bonchev–Trinajstić information content (AvgIpc) is 3.12. The molecule has 1 heterocycles. The Morgan fingerprint density at radius 2 is 1.75 bits per heavy atom. The molecule has 148 valence electrons. The monoisotopic (exact) mass is 399 g/mol. The lowest BCUT2D eigenvalue weighted by Gasteiger charge is -2.31. The molecule has 1 aliphatic carbocycles. The Morgan fingerprint density at radius 1 is 1.00 bits per heavy atom. The van der Waals surface area contributed by atoms with Gasteiger partial charge in [-0.05, 0) is 49.1 Å². The van der Waals surface area contributed by atoms with E-state index < -0.39 is 5.54 Å². The van der Waals surface area contributed by atoms with Gasteiger partial charge < -0.3 is 16.0 Å². The van der Waals surface area contributed by atoms with Crippen molar-refractivity contribution in [1.29, 1.82) is 0 Å². The van der Waals surface area contributed by atoms with E-state index >= 15 is 0 Å². The van der Waals surface area contributed by atoms with Crippen LogP contribution in [0.2, 0.25) is 0 Å². The van der Waals surface area contributed by atoms with Crippen LogP contribution in [0.4, 0.5) is 11.4 Å². The number of hydrogen-bond donors (Lipinski definition) is 2. The molecule has 2 aliphatic rings. The van der Waals surface area contributed by atoms with Crippen molar-refractivity contribution in [3.05, 3.63) is 59.7 Å². The van der Waals surface area contributed by atoms with E-state index in [9.17, 15) is 9.59 Å². The van der Waals surface area contributed by atoms with Crippen LogP contribution in [-0.2, 0) is 11.2 Å². The number of nitrogens with zero attached hydrogens (tertiary/aromatic N) is 1. The zero-order valence-corrected chi connectivity index (χ0v) is 16.6. The summed E-state index contributed by atoms with van der Waals surface area (Å²) in [5, 5.41) is 2.92. The molecule has 0 bridgehead atoms. The highest BCUT2D eigenvalue weighted by atomic mass is 35.5. The van der Waals surface area contributed by atoms with Crippen LogP contribution in [0.5, 0.6) is 0 Å². The average molecular weight is 400 g/mol. The van der Waals surface area contributed by atoms with E-state index in [2.05, 4.69) is 11.4 Å². The Bertz CT molecular complexity index is 878. The van der Waals surface area contributed by atoms with Gasteiger partial charge in [-0.1, -0.05) is 43.5 Å². The number of halogens is 1. The first-order valence-corrected chi connectivity index (χ1v) is 9.67. The minimum Gasteiger partial charge on any atom is -0.324 e. The lowest BCUT2D eigenvalue weighted by Crippen LogP contribution is -2.52. The molecule has 3 N–H and O–H groups in total. The van der Waals surface area contributed by atoms with Crippen LogP contribution < -0.4 is 16.0 Å². The van der Waals surface area contributed by atoms with Gasteiger partial charge >= 0.3 is 0 Å². The number of hydrogen-bond acceptors (Lipinski definition) is 3. The van der Waals surface area contributed by atoms with Crippen molar-refractivity contribution in [2.24, 2.45) is 5.73 Å². The van der Waals surface area contributed by atoms with Gasteiger partial charge in [0.1, 0.15) is 0 Å². The third-order valence-electron chi connectivity index (χ3n) is 5.70. The van der Waals surface area contributed by atoms with Gasteiger partial charge in [0.25, 0.3) is 5.91 Å².